The van der Waals surface area contributed by atoms with Gasteiger partial charge >= 0.3 is 6.09 Å². The molecule has 6 nitrogen and oxygen atoms in total. The Balaban J connectivity index is 1.82. The highest BCUT2D eigenvalue weighted by molar-refractivity contribution is 5.87. The molecule has 22 heavy (non-hydrogen) atoms. The van der Waals surface area contributed by atoms with Gasteiger partial charge in [0.05, 0.1) is 26.6 Å². The van der Waals surface area contributed by atoms with E-state index in [4.69, 9.17) is 9.47 Å². The molecule has 0 spiro atoms. The number of amides is 1. The topological polar surface area (TPSA) is 63.2 Å². The van der Waals surface area contributed by atoms with Gasteiger partial charge in [0.2, 0.25) is 0 Å². The third-order valence-corrected chi connectivity index (χ3v) is 4.29. The van der Waals surface area contributed by atoms with Gasteiger partial charge in [0, 0.05) is 18.8 Å². The Labute approximate surface area is 130 Å². The zero-order valence-corrected chi connectivity index (χ0v) is 12.9. The van der Waals surface area contributed by atoms with E-state index >= 15 is 0 Å². The molecule has 1 N–H and O–H groups in total. The lowest BCUT2D eigenvalue weighted by Crippen LogP contribution is -2.29. The lowest BCUT2D eigenvalue weighted by Gasteiger charge is -2.29. The van der Waals surface area contributed by atoms with Crippen molar-refractivity contribution in [3.63, 3.8) is 0 Å². The standard InChI is InChI=1S/C16H21N3O3/c1-19(16(20)21-2)13-3-4-15-14(8-13)11(5-6-22-15)7-12-9-17-10-18-12/h3-4,8,10-12H,5-7,9H2,1-2H3,(H,17,18). The van der Waals surface area contributed by atoms with Crippen LogP contribution in [0, 0.1) is 0 Å². The fraction of sp³-hybridized carbons (Fsp3) is 0.500. The van der Waals surface area contributed by atoms with Gasteiger partial charge in [-0.1, -0.05) is 0 Å². The maximum atomic E-state index is 11.7. The smallest absolute Gasteiger partial charge is 0.413 e. The van der Waals surface area contributed by atoms with Gasteiger partial charge in [-0.05, 0) is 42.5 Å². The summed E-state index contributed by atoms with van der Waals surface area (Å²) < 4.78 is 10.5. The normalized spacial score (nSPS) is 22.5. The summed E-state index contributed by atoms with van der Waals surface area (Å²) >= 11 is 0. The summed E-state index contributed by atoms with van der Waals surface area (Å²) in [5, 5.41) is 3.28. The second-order valence-electron chi connectivity index (χ2n) is 5.68. The summed E-state index contributed by atoms with van der Waals surface area (Å²) in [5.74, 6) is 1.33. The Hall–Kier alpha value is -2.24. The van der Waals surface area contributed by atoms with E-state index in [9.17, 15) is 4.79 Å². The summed E-state index contributed by atoms with van der Waals surface area (Å²) in [6.45, 7) is 1.56. The molecule has 1 aromatic carbocycles. The average Bonchev–Trinajstić information content (AvgIpc) is 3.06. The number of rotatable bonds is 3. The summed E-state index contributed by atoms with van der Waals surface area (Å²) in [5.41, 5.74) is 1.98. The largest absolute Gasteiger partial charge is 0.493 e. The zero-order valence-electron chi connectivity index (χ0n) is 12.9. The zero-order chi connectivity index (χ0) is 15.5. The maximum absolute atomic E-state index is 11.7. The highest BCUT2D eigenvalue weighted by atomic mass is 16.5. The van der Waals surface area contributed by atoms with Gasteiger partial charge in [-0.15, -0.1) is 0 Å². The number of methoxy groups -OCH3 is 1. The number of fused-ring (bicyclic) bond motifs is 1. The van der Waals surface area contributed by atoms with Crippen LogP contribution in [0.4, 0.5) is 10.5 Å². The summed E-state index contributed by atoms with van der Waals surface area (Å²) in [6.07, 6.45) is 3.41. The van der Waals surface area contributed by atoms with Crippen molar-refractivity contribution in [2.24, 2.45) is 4.99 Å². The van der Waals surface area contributed by atoms with Crippen molar-refractivity contribution in [3.8, 4) is 5.75 Å². The van der Waals surface area contributed by atoms with Gasteiger partial charge in [-0.25, -0.2) is 4.79 Å². The second kappa shape index (κ2) is 6.25. The van der Waals surface area contributed by atoms with Crippen molar-refractivity contribution >= 4 is 18.1 Å². The monoisotopic (exact) mass is 303 g/mol. The van der Waals surface area contributed by atoms with Crippen LogP contribution in [0.3, 0.4) is 0 Å². The maximum Gasteiger partial charge on any atom is 0.413 e. The summed E-state index contributed by atoms with van der Waals surface area (Å²) in [6, 6.07) is 6.24. The van der Waals surface area contributed by atoms with Crippen LogP contribution in [-0.4, -0.2) is 45.8 Å². The molecule has 0 saturated heterocycles. The molecular formula is C16H21N3O3. The van der Waals surface area contributed by atoms with Crippen LogP contribution >= 0.6 is 0 Å². The van der Waals surface area contributed by atoms with E-state index in [1.54, 1.807) is 13.4 Å². The van der Waals surface area contributed by atoms with Gasteiger partial charge < -0.3 is 14.8 Å². The Morgan fingerprint density at radius 3 is 3.14 bits per heavy atom. The number of ether oxygens (including phenoxy) is 2. The Morgan fingerprint density at radius 2 is 2.41 bits per heavy atom. The van der Waals surface area contributed by atoms with E-state index in [1.807, 2.05) is 18.2 Å². The molecule has 3 rings (SSSR count). The van der Waals surface area contributed by atoms with Crippen LogP contribution in [0.15, 0.2) is 23.2 Å². The van der Waals surface area contributed by atoms with E-state index in [0.717, 1.165) is 43.0 Å². The Bertz CT molecular complexity index is 580. The molecule has 2 unspecified atom stereocenters. The lowest BCUT2D eigenvalue weighted by molar-refractivity contribution is 0.180. The molecule has 0 aliphatic carbocycles. The predicted molar refractivity (Wildman–Crippen MR) is 85.0 cm³/mol. The van der Waals surface area contributed by atoms with Crippen LogP contribution in [0.1, 0.15) is 24.3 Å². The van der Waals surface area contributed by atoms with Crippen LogP contribution in [-0.2, 0) is 4.74 Å². The molecule has 0 aromatic heterocycles. The van der Waals surface area contributed by atoms with E-state index in [1.165, 1.54) is 12.0 Å². The van der Waals surface area contributed by atoms with Gasteiger partial charge in [-0.3, -0.25) is 9.89 Å². The number of anilines is 1. The summed E-state index contributed by atoms with van der Waals surface area (Å²) in [7, 11) is 3.09. The molecule has 2 atom stereocenters. The molecule has 1 aromatic rings. The number of hydrogen-bond acceptors (Lipinski definition) is 5. The second-order valence-corrected chi connectivity index (χ2v) is 5.68. The molecule has 1 amide bonds. The molecule has 0 radical (unpaired) electrons. The van der Waals surface area contributed by atoms with E-state index in [-0.39, 0.29) is 6.09 Å². The van der Waals surface area contributed by atoms with E-state index < -0.39 is 0 Å². The number of benzene rings is 1. The van der Waals surface area contributed by atoms with Crippen molar-refractivity contribution in [2.45, 2.75) is 24.8 Å². The number of carbonyl (C=O) groups excluding carboxylic acids is 1. The molecule has 118 valence electrons. The van der Waals surface area contributed by atoms with Crippen molar-refractivity contribution in [2.75, 3.05) is 32.2 Å². The quantitative estimate of drug-likeness (QED) is 0.929. The highest BCUT2D eigenvalue weighted by Gasteiger charge is 2.26. The molecule has 0 bridgehead atoms. The van der Waals surface area contributed by atoms with Crippen LogP contribution in [0.5, 0.6) is 5.75 Å². The minimum Gasteiger partial charge on any atom is -0.493 e. The van der Waals surface area contributed by atoms with Gasteiger partial charge in [0.25, 0.3) is 0 Å². The molecular weight excluding hydrogens is 282 g/mol. The molecule has 2 aliphatic rings. The molecule has 6 heteroatoms. The fourth-order valence-electron chi connectivity index (χ4n) is 3.03. The summed E-state index contributed by atoms with van der Waals surface area (Å²) in [4.78, 5) is 17.4. The van der Waals surface area contributed by atoms with Crippen molar-refractivity contribution in [1.82, 2.24) is 5.32 Å². The number of hydrogen-bond donors (Lipinski definition) is 1. The van der Waals surface area contributed by atoms with Crippen molar-refractivity contribution in [1.29, 1.82) is 0 Å². The number of nitrogens with zero attached hydrogens (tertiary/aromatic N) is 2. The average molecular weight is 303 g/mol. The fourth-order valence-corrected chi connectivity index (χ4v) is 3.03. The first-order valence-electron chi connectivity index (χ1n) is 7.52. The third kappa shape index (κ3) is 2.86. The minimum atomic E-state index is -0.376. The number of carbonyl (C=O) groups is 1. The molecule has 0 saturated carbocycles. The van der Waals surface area contributed by atoms with Crippen LogP contribution < -0.4 is 15.0 Å². The van der Waals surface area contributed by atoms with Gasteiger partial charge in [0.1, 0.15) is 5.75 Å². The van der Waals surface area contributed by atoms with Crippen molar-refractivity contribution < 1.29 is 14.3 Å². The lowest BCUT2D eigenvalue weighted by atomic mass is 9.87. The number of aliphatic imine (C=N–C) groups is 1. The van der Waals surface area contributed by atoms with Gasteiger partial charge in [-0.2, -0.15) is 0 Å². The highest BCUT2D eigenvalue weighted by Crippen LogP contribution is 2.38. The molecule has 2 aliphatic heterocycles. The Kier molecular flexibility index (Phi) is 4.18. The van der Waals surface area contributed by atoms with E-state index in [2.05, 4.69) is 10.3 Å². The number of nitrogens with one attached hydrogen (secondary N) is 1. The first-order chi connectivity index (χ1) is 10.7. The predicted octanol–water partition coefficient (Wildman–Crippen LogP) is 2.15. The minimum absolute atomic E-state index is 0.376. The van der Waals surface area contributed by atoms with Crippen LogP contribution in [0.25, 0.3) is 0 Å². The first kappa shape index (κ1) is 14.7. The Morgan fingerprint density at radius 1 is 1.55 bits per heavy atom. The first-order valence-corrected chi connectivity index (χ1v) is 7.52. The van der Waals surface area contributed by atoms with Crippen molar-refractivity contribution in [3.05, 3.63) is 23.8 Å². The van der Waals surface area contributed by atoms with Gasteiger partial charge in [0.15, 0.2) is 0 Å². The van der Waals surface area contributed by atoms with Crippen LogP contribution in [0.2, 0.25) is 0 Å². The molecule has 0 fully saturated rings. The van der Waals surface area contributed by atoms with E-state index in [0.29, 0.717) is 12.0 Å². The molecule has 2 heterocycles. The SMILES string of the molecule is COC(=O)N(C)c1ccc2c(c1)C(CC1CN=CN1)CCO2. The third-order valence-electron chi connectivity index (χ3n) is 4.29.